The molecule has 1 saturated carbocycles. The van der Waals surface area contributed by atoms with Gasteiger partial charge in [0.25, 0.3) is 0 Å². The molecule has 1 aliphatic rings. The smallest absolute Gasteiger partial charge is 0.0473 e. The monoisotopic (exact) mass is 274 g/mol. The fourth-order valence-corrected chi connectivity index (χ4v) is 3.72. The van der Waals surface area contributed by atoms with Gasteiger partial charge in [-0.25, -0.2) is 0 Å². The van der Waals surface area contributed by atoms with Crippen LogP contribution in [0.1, 0.15) is 56.7 Å². The maximum Gasteiger partial charge on any atom is 0.0473 e. The minimum Gasteiger partial charge on any atom is -0.329 e. The molecule has 0 aliphatic heterocycles. The van der Waals surface area contributed by atoms with E-state index in [1.165, 1.54) is 36.8 Å². The lowest BCUT2D eigenvalue weighted by molar-refractivity contribution is 0.120. The summed E-state index contributed by atoms with van der Waals surface area (Å²) in [7, 11) is 2.27. The van der Waals surface area contributed by atoms with Crippen LogP contribution in [0.15, 0.2) is 24.3 Å². The van der Waals surface area contributed by atoms with Crippen molar-refractivity contribution in [2.45, 2.75) is 58.0 Å². The molecule has 0 heterocycles. The lowest BCUT2D eigenvalue weighted by Crippen LogP contribution is -2.41. The zero-order valence-electron chi connectivity index (χ0n) is 13.3. The van der Waals surface area contributed by atoms with E-state index in [4.69, 9.17) is 5.73 Å². The first kappa shape index (κ1) is 15.5. The Morgan fingerprint density at radius 2 is 2.05 bits per heavy atom. The molecule has 20 heavy (non-hydrogen) atoms. The highest BCUT2D eigenvalue weighted by atomic mass is 15.2. The molecule has 0 radical (unpaired) electrons. The quantitative estimate of drug-likeness (QED) is 0.886. The molecule has 1 fully saturated rings. The molecule has 0 saturated heterocycles. The van der Waals surface area contributed by atoms with Gasteiger partial charge in [-0.3, -0.25) is 4.90 Å². The number of nitrogens with two attached hydrogens (primary N) is 1. The van der Waals surface area contributed by atoms with Crippen LogP contribution in [0.25, 0.3) is 0 Å². The zero-order valence-corrected chi connectivity index (χ0v) is 13.3. The minimum atomic E-state index is 0.362. The third-order valence-corrected chi connectivity index (χ3v) is 4.99. The third-order valence-electron chi connectivity index (χ3n) is 4.99. The van der Waals surface area contributed by atoms with Gasteiger partial charge in [0.05, 0.1) is 0 Å². The number of rotatable bonds is 5. The number of hydrogen-bond acceptors (Lipinski definition) is 2. The predicted molar refractivity (Wildman–Crippen MR) is 86.8 cm³/mol. The minimum absolute atomic E-state index is 0.362. The predicted octanol–water partition coefficient (Wildman–Crippen LogP) is 3.76. The molecule has 2 nitrogen and oxygen atoms in total. The first-order valence-corrected chi connectivity index (χ1v) is 8.17. The maximum absolute atomic E-state index is 6.13. The Kier molecular flexibility index (Phi) is 5.62. The number of nitrogens with zero attached hydrogens (tertiary/aromatic N) is 1. The van der Waals surface area contributed by atoms with Gasteiger partial charge in [0.15, 0.2) is 0 Å². The summed E-state index contributed by atoms with van der Waals surface area (Å²) in [6, 6.07) is 9.85. The highest BCUT2D eigenvalue weighted by Gasteiger charge is 2.28. The first-order chi connectivity index (χ1) is 9.67. The van der Waals surface area contributed by atoms with Gasteiger partial charge in [0.1, 0.15) is 0 Å². The van der Waals surface area contributed by atoms with Gasteiger partial charge in [-0.15, -0.1) is 0 Å². The largest absolute Gasteiger partial charge is 0.329 e. The lowest BCUT2D eigenvalue weighted by Gasteiger charge is -2.39. The number of hydrogen-bond donors (Lipinski definition) is 1. The molecular formula is C18H30N2. The van der Waals surface area contributed by atoms with E-state index in [2.05, 4.69) is 50.1 Å². The first-order valence-electron chi connectivity index (χ1n) is 8.17. The SMILES string of the molecule is CCc1ccccc1C(CN)N(C)C1CCCC(C)C1. The molecule has 3 unspecified atom stereocenters. The summed E-state index contributed by atoms with van der Waals surface area (Å²) in [6.07, 6.45) is 6.49. The van der Waals surface area contributed by atoms with Gasteiger partial charge >= 0.3 is 0 Å². The van der Waals surface area contributed by atoms with Crippen molar-refractivity contribution in [3.63, 3.8) is 0 Å². The van der Waals surface area contributed by atoms with Crippen molar-refractivity contribution in [2.24, 2.45) is 11.7 Å². The van der Waals surface area contributed by atoms with Crippen LogP contribution < -0.4 is 5.73 Å². The molecule has 0 spiro atoms. The lowest BCUT2D eigenvalue weighted by atomic mass is 9.85. The standard InChI is InChI=1S/C18H30N2/c1-4-15-9-5-6-11-17(15)18(13-19)20(3)16-10-7-8-14(2)12-16/h5-6,9,11,14,16,18H,4,7-8,10,12-13,19H2,1-3H3. The summed E-state index contributed by atoms with van der Waals surface area (Å²) < 4.78 is 0. The number of benzene rings is 1. The molecule has 0 amide bonds. The van der Waals surface area contributed by atoms with Crippen molar-refractivity contribution in [1.29, 1.82) is 0 Å². The van der Waals surface area contributed by atoms with E-state index in [0.29, 0.717) is 18.6 Å². The van der Waals surface area contributed by atoms with E-state index in [9.17, 15) is 0 Å². The molecular weight excluding hydrogens is 244 g/mol. The van der Waals surface area contributed by atoms with Crippen molar-refractivity contribution >= 4 is 0 Å². The van der Waals surface area contributed by atoms with Gasteiger partial charge in [-0.05, 0) is 43.4 Å². The van der Waals surface area contributed by atoms with E-state index >= 15 is 0 Å². The fourth-order valence-electron chi connectivity index (χ4n) is 3.72. The van der Waals surface area contributed by atoms with Crippen LogP contribution in [-0.2, 0) is 6.42 Å². The summed E-state index contributed by atoms with van der Waals surface area (Å²) in [6.45, 7) is 5.32. The molecule has 112 valence electrons. The molecule has 2 rings (SSSR count). The highest BCUT2D eigenvalue weighted by Crippen LogP contribution is 2.32. The topological polar surface area (TPSA) is 29.3 Å². The Bertz CT molecular complexity index is 416. The highest BCUT2D eigenvalue weighted by molar-refractivity contribution is 5.30. The van der Waals surface area contributed by atoms with Gasteiger partial charge < -0.3 is 5.73 Å². The molecule has 1 aromatic carbocycles. The molecule has 0 aromatic heterocycles. The molecule has 1 aliphatic carbocycles. The van der Waals surface area contributed by atoms with Gasteiger partial charge in [0, 0.05) is 18.6 Å². The fraction of sp³-hybridized carbons (Fsp3) is 0.667. The summed E-state index contributed by atoms with van der Waals surface area (Å²) in [4.78, 5) is 2.55. The Balaban J connectivity index is 2.18. The van der Waals surface area contributed by atoms with Crippen molar-refractivity contribution in [2.75, 3.05) is 13.6 Å². The van der Waals surface area contributed by atoms with Crippen LogP contribution >= 0.6 is 0 Å². The second-order valence-electron chi connectivity index (χ2n) is 6.39. The summed E-state index contributed by atoms with van der Waals surface area (Å²) >= 11 is 0. The summed E-state index contributed by atoms with van der Waals surface area (Å²) in [5, 5.41) is 0. The summed E-state index contributed by atoms with van der Waals surface area (Å²) in [5.41, 5.74) is 9.00. The average molecular weight is 274 g/mol. The van der Waals surface area contributed by atoms with Crippen LogP contribution in [0, 0.1) is 5.92 Å². The van der Waals surface area contributed by atoms with Crippen molar-refractivity contribution in [3.8, 4) is 0 Å². The van der Waals surface area contributed by atoms with Crippen LogP contribution in [0.2, 0.25) is 0 Å². The van der Waals surface area contributed by atoms with Crippen molar-refractivity contribution < 1.29 is 0 Å². The Labute approximate surface area is 124 Å². The zero-order chi connectivity index (χ0) is 14.5. The average Bonchev–Trinajstić information content (AvgIpc) is 2.48. The van der Waals surface area contributed by atoms with Crippen LogP contribution in [0.3, 0.4) is 0 Å². The number of aryl methyl sites for hydroxylation is 1. The molecule has 2 heteroatoms. The van der Waals surface area contributed by atoms with Crippen LogP contribution in [0.4, 0.5) is 0 Å². The van der Waals surface area contributed by atoms with E-state index < -0.39 is 0 Å². The molecule has 2 N–H and O–H groups in total. The third kappa shape index (κ3) is 3.42. The second kappa shape index (κ2) is 7.24. The van der Waals surface area contributed by atoms with E-state index in [-0.39, 0.29) is 0 Å². The Morgan fingerprint density at radius 3 is 2.70 bits per heavy atom. The van der Waals surface area contributed by atoms with Gasteiger partial charge in [0.2, 0.25) is 0 Å². The van der Waals surface area contributed by atoms with Crippen molar-refractivity contribution in [3.05, 3.63) is 35.4 Å². The van der Waals surface area contributed by atoms with Crippen molar-refractivity contribution in [1.82, 2.24) is 4.90 Å². The second-order valence-corrected chi connectivity index (χ2v) is 6.39. The molecule has 3 atom stereocenters. The maximum atomic E-state index is 6.13. The van der Waals surface area contributed by atoms with Crippen LogP contribution in [0.5, 0.6) is 0 Å². The summed E-state index contributed by atoms with van der Waals surface area (Å²) in [5.74, 6) is 0.857. The Morgan fingerprint density at radius 1 is 1.30 bits per heavy atom. The van der Waals surface area contributed by atoms with E-state index in [0.717, 1.165) is 12.3 Å². The van der Waals surface area contributed by atoms with E-state index in [1.54, 1.807) is 0 Å². The van der Waals surface area contributed by atoms with E-state index in [1.807, 2.05) is 0 Å². The van der Waals surface area contributed by atoms with Crippen LogP contribution in [-0.4, -0.2) is 24.5 Å². The molecule has 1 aromatic rings. The molecule has 0 bridgehead atoms. The van der Waals surface area contributed by atoms with Gasteiger partial charge in [-0.1, -0.05) is 51.0 Å². The Hall–Kier alpha value is -0.860. The normalized spacial score (nSPS) is 24.9. The van der Waals surface area contributed by atoms with Gasteiger partial charge in [-0.2, -0.15) is 0 Å². The number of likely N-dealkylation sites (N-methyl/N-ethyl adjacent to an activating group) is 1.